The molecule has 0 aliphatic rings. The van der Waals surface area contributed by atoms with Crippen LogP contribution in [0.3, 0.4) is 0 Å². The lowest BCUT2D eigenvalue weighted by Gasteiger charge is -2.08. The predicted octanol–water partition coefficient (Wildman–Crippen LogP) is -0.426. The molecule has 1 heterocycles. The van der Waals surface area contributed by atoms with E-state index in [0.29, 0.717) is 12.5 Å². The molecule has 0 aromatic carbocycles. The maximum absolute atomic E-state index is 11.5. The monoisotopic (exact) mass is 209 g/mol. The number of aromatic nitrogens is 1. The van der Waals surface area contributed by atoms with Gasteiger partial charge in [-0.1, -0.05) is 13.8 Å². The van der Waals surface area contributed by atoms with Gasteiger partial charge in [0.15, 0.2) is 0 Å². The Balaban J connectivity index is 2.80. The molecule has 0 fully saturated rings. The van der Waals surface area contributed by atoms with Crippen LogP contribution in [-0.4, -0.2) is 21.7 Å². The van der Waals surface area contributed by atoms with E-state index in [4.69, 9.17) is 10.0 Å². The van der Waals surface area contributed by atoms with Gasteiger partial charge in [-0.15, -0.1) is 0 Å². The maximum Gasteiger partial charge on any atom is 0.488 e. The third-order valence-electron chi connectivity index (χ3n) is 2.27. The van der Waals surface area contributed by atoms with Crippen LogP contribution < -0.4 is 11.0 Å². The molecule has 0 amide bonds. The van der Waals surface area contributed by atoms with Gasteiger partial charge in [-0.3, -0.25) is 4.79 Å². The van der Waals surface area contributed by atoms with E-state index in [1.165, 1.54) is 6.07 Å². The van der Waals surface area contributed by atoms with E-state index in [-0.39, 0.29) is 11.0 Å². The van der Waals surface area contributed by atoms with Gasteiger partial charge in [0.2, 0.25) is 5.56 Å². The molecule has 0 unspecified atom stereocenters. The number of hydrogen-bond acceptors (Lipinski definition) is 3. The van der Waals surface area contributed by atoms with E-state index < -0.39 is 7.12 Å². The van der Waals surface area contributed by atoms with Crippen LogP contribution in [0, 0.1) is 5.92 Å². The average Bonchev–Trinajstić information content (AvgIpc) is 2.15. The summed E-state index contributed by atoms with van der Waals surface area (Å²) in [6.45, 7) is 4.85. The Morgan fingerprint density at radius 3 is 2.60 bits per heavy atom. The molecule has 0 aliphatic carbocycles. The van der Waals surface area contributed by atoms with Crippen LogP contribution in [0.1, 0.15) is 20.3 Å². The summed E-state index contributed by atoms with van der Waals surface area (Å²) in [5, 5.41) is 17.7. The second-order valence-electron chi connectivity index (χ2n) is 4.05. The molecule has 1 aromatic rings. The SMILES string of the molecule is CC(C)CCn1ccc(B(O)O)cc1=O. The lowest BCUT2D eigenvalue weighted by atomic mass is 9.81. The van der Waals surface area contributed by atoms with Crippen LogP contribution in [0.2, 0.25) is 0 Å². The summed E-state index contributed by atoms with van der Waals surface area (Å²) in [6.07, 6.45) is 2.53. The van der Waals surface area contributed by atoms with Crippen LogP contribution in [0.15, 0.2) is 23.1 Å². The molecule has 0 atom stereocenters. The number of nitrogens with zero attached hydrogens (tertiary/aromatic N) is 1. The number of rotatable bonds is 4. The van der Waals surface area contributed by atoms with Crippen molar-refractivity contribution in [1.29, 1.82) is 0 Å². The largest absolute Gasteiger partial charge is 0.488 e. The van der Waals surface area contributed by atoms with Crippen molar-refractivity contribution in [3.05, 3.63) is 28.7 Å². The third kappa shape index (κ3) is 3.53. The van der Waals surface area contributed by atoms with E-state index in [1.807, 2.05) is 0 Å². The predicted molar refractivity (Wildman–Crippen MR) is 60.0 cm³/mol. The summed E-state index contributed by atoms with van der Waals surface area (Å²) < 4.78 is 1.58. The third-order valence-corrected chi connectivity index (χ3v) is 2.27. The van der Waals surface area contributed by atoms with Gasteiger partial charge in [0, 0.05) is 18.8 Å². The van der Waals surface area contributed by atoms with Crippen molar-refractivity contribution in [2.75, 3.05) is 0 Å². The fourth-order valence-electron chi connectivity index (χ4n) is 1.27. The average molecular weight is 209 g/mol. The van der Waals surface area contributed by atoms with Crippen LogP contribution in [0.25, 0.3) is 0 Å². The van der Waals surface area contributed by atoms with Gasteiger partial charge < -0.3 is 14.6 Å². The molecule has 0 bridgehead atoms. The molecule has 0 spiro atoms. The van der Waals surface area contributed by atoms with Crippen LogP contribution in [-0.2, 0) is 6.54 Å². The summed E-state index contributed by atoms with van der Waals surface area (Å²) in [6, 6.07) is 2.80. The number of aryl methyl sites for hydroxylation is 1. The van der Waals surface area contributed by atoms with Gasteiger partial charge in [-0.25, -0.2) is 0 Å². The van der Waals surface area contributed by atoms with Gasteiger partial charge >= 0.3 is 7.12 Å². The van der Waals surface area contributed by atoms with E-state index in [0.717, 1.165) is 6.42 Å². The highest BCUT2D eigenvalue weighted by atomic mass is 16.4. The zero-order valence-electron chi connectivity index (χ0n) is 9.05. The standard InChI is InChI=1S/C10H16BNO3/c1-8(2)3-5-12-6-4-9(11(14)15)7-10(12)13/h4,6-8,14-15H,3,5H2,1-2H3. The first kappa shape index (κ1) is 12.0. The highest BCUT2D eigenvalue weighted by Crippen LogP contribution is 2.00. The Labute approximate surface area is 89.3 Å². The van der Waals surface area contributed by atoms with Crippen molar-refractivity contribution in [2.24, 2.45) is 5.92 Å². The Morgan fingerprint density at radius 1 is 1.47 bits per heavy atom. The first-order chi connectivity index (χ1) is 7.00. The summed E-state index contributed by atoms with van der Waals surface area (Å²) in [4.78, 5) is 11.5. The second kappa shape index (κ2) is 5.14. The zero-order valence-corrected chi connectivity index (χ0v) is 9.05. The van der Waals surface area contributed by atoms with Crippen molar-refractivity contribution < 1.29 is 10.0 Å². The van der Waals surface area contributed by atoms with Crippen molar-refractivity contribution in [2.45, 2.75) is 26.8 Å². The van der Waals surface area contributed by atoms with Gasteiger partial charge in [-0.2, -0.15) is 0 Å². The number of pyridine rings is 1. The number of hydrogen-bond donors (Lipinski definition) is 2. The zero-order chi connectivity index (χ0) is 11.4. The Hall–Kier alpha value is -1.07. The maximum atomic E-state index is 11.5. The van der Waals surface area contributed by atoms with Gasteiger partial charge in [0.25, 0.3) is 0 Å². The Bertz CT molecular complexity index is 373. The topological polar surface area (TPSA) is 62.5 Å². The van der Waals surface area contributed by atoms with Gasteiger partial charge in [0.05, 0.1) is 0 Å². The molecule has 0 radical (unpaired) electrons. The van der Waals surface area contributed by atoms with Crippen LogP contribution in [0.4, 0.5) is 0 Å². The minimum absolute atomic E-state index is 0.193. The normalized spacial score (nSPS) is 10.7. The summed E-state index contributed by atoms with van der Waals surface area (Å²) in [5.41, 5.74) is 0.0436. The summed E-state index contributed by atoms with van der Waals surface area (Å²) >= 11 is 0. The molecule has 4 nitrogen and oxygen atoms in total. The van der Waals surface area contributed by atoms with E-state index in [2.05, 4.69) is 13.8 Å². The molecule has 15 heavy (non-hydrogen) atoms. The second-order valence-corrected chi connectivity index (χ2v) is 4.05. The Morgan fingerprint density at radius 2 is 2.13 bits per heavy atom. The van der Waals surface area contributed by atoms with Gasteiger partial charge in [-0.05, 0) is 23.9 Å². The van der Waals surface area contributed by atoms with Gasteiger partial charge in [0.1, 0.15) is 0 Å². The minimum Gasteiger partial charge on any atom is -0.423 e. The van der Waals surface area contributed by atoms with Crippen LogP contribution in [0.5, 0.6) is 0 Å². The first-order valence-corrected chi connectivity index (χ1v) is 5.07. The summed E-state index contributed by atoms with van der Waals surface area (Å²) in [5.74, 6) is 0.542. The molecule has 1 aromatic heterocycles. The molecular weight excluding hydrogens is 193 g/mol. The molecule has 0 aliphatic heterocycles. The van der Waals surface area contributed by atoms with Crippen LogP contribution >= 0.6 is 0 Å². The molecule has 0 saturated carbocycles. The summed E-state index contributed by atoms with van der Waals surface area (Å²) in [7, 11) is -1.57. The van der Waals surface area contributed by atoms with E-state index in [9.17, 15) is 4.79 Å². The lowest BCUT2D eigenvalue weighted by Crippen LogP contribution is -2.35. The van der Waals surface area contributed by atoms with E-state index in [1.54, 1.807) is 16.8 Å². The molecule has 1 rings (SSSR count). The molecule has 2 N–H and O–H groups in total. The van der Waals surface area contributed by atoms with Crippen molar-refractivity contribution in [3.8, 4) is 0 Å². The van der Waals surface area contributed by atoms with Crippen molar-refractivity contribution in [1.82, 2.24) is 4.57 Å². The molecular formula is C10H16BNO3. The molecule has 5 heteroatoms. The highest BCUT2D eigenvalue weighted by Gasteiger charge is 2.11. The van der Waals surface area contributed by atoms with E-state index >= 15 is 0 Å². The fraction of sp³-hybridized carbons (Fsp3) is 0.500. The van der Waals surface area contributed by atoms with Crippen molar-refractivity contribution in [3.63, 3.8) is 0 Å². The highest BCUT2D eigenvalue weighted by molar-refractivity contribution is 6.58. The van der Waals surface area contributed by atoms with Crippen molar-refractivity contribution >= 4 is 12.6 Å². The minimum atomic E-state index is -1.57. The first-order valence-electron chi connectivity index (χ1n) is 5.07. The quantitative estimate of drug-likeness (QED) is 0.661. The smallest absolute Gasteiger partial charge is 0.423 e. The molecule has 0 saturated heterocycles. The fourth-order valence-corrected chi connectivity index (χ4v) is 1.27. The molecule has 82 valence electrons. The lowest BCUT2D eigenvalue weighted by molar-refractivity contribution is 0.425. The Kier molecular flexibility index (Phi) is 4.11.